The molecule has 1 aromatic carbocycles. The van der Waals surface area contributed by atoms with Crippen molar-refractivity contribution in [1.82, 2.24) is 25.1 Å². The van der Waals surface area contributed by atoms with Crippen molar-refractivity contribution in [3.8, 4) is 22.7 Å². The second-order valence-electron chi connectivity index (χ2n) is 8.63. The molecule has 0 saturated carbocycles. The van der Waals surface area contributed by atoms with Crippen LogP contribution in [0, 0.1) is 5.92 Å². The van der Waals surface area contributed by atoms with Crippen molar-refractivity contribution in [1.29, 1.82) is 0 Å². The third-order valence-electron chi connectivity index (χ3n) is 6.58. The molecule has 2 aromatic heterocycles. The summed E-state index contributed by atoms with van der Waals surface area (Å²) >= 11 is 0. The van der Waals surface area contributed by atoms with Crippen LogP contribution >= 0.6 is 0 Å². The van der Waals surface area contributed by atoms with E-state index in [4.69, 9.17) is 0 Å². The first kappa shape index (κ1) is 19.8. The van der Waals surface area contributed by atoms with Crippen molar-refractivity contribution < 1.29 is 13.9 Å². The maximum Gasteiger partial charge on any atom is 0.127 e. The van der Waals surface area contributed by atoms with Gasteiger partial charge in [-0.3, -0.25) is 0 Å². The van der Waals surface area contributed by atoms with Gasteiger partial charge in [-0.15, -0.1) is 5.10 Å². The summed E-state index contributed by atoms with van der Waals surface area (Å²) in [5.41, 5.74) is 2.06. The lowest BCUT2D eigenvalue weighted by Crippen LogP contribution is -2.55. The first-order valence-electron chi connectivity index (χ1n) is 10.3. The second-order valence-corrected chi connectivity index (χ2v) is 8.63. The number of hydrogen-bond acceptors (Lipinski definition) is 5. The number of aromatic nitrogens is 4. The molecule has 4 heterocycles. The Morgan fingerprint density at radius 3 is 2.77 bits per heavy atom. The van der Waals surface area contributed by atoms with Gasteiger partial charge < -0.3 is 15.0 Å². The Balaban J connectivity index is 1.37. The number of piperidine rings is 1. The quantitative estimate of drug-likeness (QED) is 0.666. The SMILES string of the molecule is C=C(c1ccc(-c2ccc(-n3ccnc3)cc2O)nn1)[C@@H]1C[C@]2(C)N[C@@H](C[C@@H]2F)[C@H]1F. The molecule has 3 aromatic rings. The molecule has 2 saturated heterocycles. The molecule has 2 N–H and O–H groups in total. The lowest BCUT2D eigenvalue weighted by atomic mass is 9.78. The highest BCUT2D eigenvalue weighted by Crippen LogP contribution is 2.45. The van der Waals surface area contributed by atoms with Crippen LogP contribution in [-0.4, -0.2) is 48.8 Å². The molecular weight excluding hydrogens is 400 g/mol. The van der Waals surface area contributed by atoms with Gasteiger partial charge in [-0.25, -0.2) is 13.8 Å². The van der Waals surface area contributed by atoms with E-state index in [1.165, 1.54) is 0 Å². The fourth-order valence-electron chi connectivity index (χ4n) is 4.76. The molecule has 0 radical (unpaired) electrons. The predicted molar refractivity (Wildman–Crippen MR) is 113 cm³/mol. The van der Waals surface area contributed by atoms with E-state index in [0.29, 0.717) is 28.9 Å². The van der Waals surface area contributed by atoms with Gasteiger partial charge in [0.25, 0.3) is 0 Å². The Morgan fingerprint density at radius 1 is 1.26 bits per heavy atom. The van der Waals surface area contributed by atoms with Gasteiger partial charge in [0.1, 0.15) is 18.1 Å². The maximum atomic E-state index is 15.0. The zero-order valence-corrected chi connectivity index (χ0v) is 17.0. The first-order chi connectivity index (χ1) is 14.9. The van der Waals surface area contributed by atoms with Gasteiger partial charge in [0.15, 0.2) is 0 Å². The highest BCUT2D eigenvalue weighted by molar-refractivity contribution is 5.70. The number of phenolic OH excluding ortho intramolecular Hbond substituents is 1. The summed E-state index contributed by atoms with van der Waals surface area (Å²) in [7, 11) is 0. The first-order valence-corrected chi connectivity index (χ1v) is 10.3. The molecule has 2 aliphatic rings. The van der Waals surface area contributed by atoms with E-state index >= 15 is 0 Å². The van der Waals surface area contributed by atoms with E-state index in [0.717, 1.165) is 5.69 Å². The number of aromatic hydroxyl groups is 1. The van der Waals surface area contributed by atoms with Gasteiger partial charge in [0.05, 0.1) is 23.4 Å². The molecule has 0 spiro atoms. The molecule has 5 rings (SSSR count). The van der Waals surface area contributed by atoms with E-state index in [1.807, 2.05) is 6.07 Å². The van der Waals surface area contributed by atoms with Crippen LogP contribution in [0.4, 0.5) is 8.78 Å². The number of imidazole rings is 1. The van der Waals surface area contributed by atoms with Crippen LogP contribution in [0.1, 0.15) is 25.5 Å². The molecular formula is C23H23F2N5O. The number of phenols is 1. The van der Waals surface area contributed by atoms with Gasteiger partial charge in [-0.2, -0.15) is 5.10 Å². The van der Waals surface area contributed by atoms with Gasteiger partial charge in [0.2, 0.25) is 0 Å². The predicted octanol–water partition coefficient (Wildman–Crippen LogP) is 3.86. The zero-order chi connectivity index (χ0) is 21.8. The van der Waals surface area contributed by atoms with E-state index in [2.05, 4.69) is 27.1 Å². The average molecular weight is 423 g/mol. The van der Waals surface area contributed by atoms with Crippen molar-refractivity contribution in [2.75, 3.05) is 0 Å². The highest BCUT2D eigenvalue weighted by Gasteiger charge is 2.54. The van der Waals surface area contributed by atoms with Crippen LogP contribution in [0.3, 0.4) is 0 Å². The largest absolute Gasteiger partial charge is 0.507 e. The average Bonchev–Trinajstić information content (AvgIpc) is 3.38. The molecule has 2 aliphatic heterocycles. The lowest BCUT2D eigenvalue weighted by Gasteiger charge is -2.39. The van der Waals surface area contributed by atoms with Crippen LogP contribution in [0.25, 0.3) is 22.5 Å². The van der Waals surface area contributed by atoms with Crippen LogP contribution in [-0.2, 0) is 0 Å². The van der Waals surface area contributed by atoms with E-state index in [-0.39, 0.29) is 12.2 Å². The molecule has 0 aliphatic carbocycles. The van der Waals surface area contributed by atoms with Crippen molar-refractivity contribution in [2.45, 2.75) is 43.7 Å². The molecule has 0 amide bonds. The summed E-state index contributed by atoms with van der Waals surface area (Å²) in [6.07, 6.45) is 3.30. The monoisotopic (exact) mass is 423 g/mol. The van der Waals surface area contributed by atoms with Crippen molar-refractivity contribution in [2.24, 2.45) is 5.92 Å². The molecule has 8 heteroatoms. The molecule has 6 nitrogen and oxygen atoms in total. The number of rotatable bonds is 4. The summed E-state index contributed by atoms with van der Waals surface area (Å²) in [5.74, 6) is -0.451. The Morgan fingerprint density at radius 2 is 2.10 bits per heavy atom. The fraction of sp³-hybridized carbons (Fsp3) is 0.348. The van der Waals surface area contributed by atoms with E-state index < -0.39 is 29.8 Å². The van der Waals surface area contributed by atoms with Crippen molar-refractivity contribution >= 4 is 5.57 Å². The van der Waals surface area contributed by atoms with Crippen LogP contribution in [0.2, 0.25) is 0 Å². The number of halogens is 2. The molecule has 160 valence electrons. The van der Waals surface area contributed by atoms with Crippen molar-refractivity contribution in [3.05, 3.63) is 61.3 Å². The Hall–Kier alpha value is -3.13. The number of fused-ring (bicyclic) bond motifs is 2. The third-order valence-corrected chi connectivity index (χ3v) is 6.58. The number of benzene rings is 1. The molecule has 0 unspecified atom stereocenters. The Kier molecular flexibility index (Phi) is 4.62. The number of nitrogens with zero attached hydrogens (tertiary/aromatic N) is 4. The number of alkyl halides is 2. The molecule has 5 atom stereocenters. The topological polar surface area (TPSA) is 75.9 Å². The summed E-state index contributed by atoms with van der Waals surface area (Å²) in [6.45, 7) is 5.86. The van der Waals surface area contributed by atoms with Gasteiger partial charge in [-0.1, -0.05) is 6.58 Å². The number of allylic oxidation sites excluding steroid dienone is 1. The van der Waals surface area contributed by atoms with Crippen LogP contribution in [0.5, 0.6) is 5.75 Å². The smallest absolute Gasteiger partial charge is 0.127 e. The molecule has 2 bridgehead atoms. The normalized spacial score (nSPS) is 29.8. The Labute approximate surface area is 178 Å². The molecule has 31 heavy (non-hydrogen) atoms. The zero-order valence-electron chi connectivity index (χ0n) is 17.0. The minimum absolute atomic E-state index is 0.0627. The summed E-state index contributed by atoms with van der Waals surface area (Å²) in [4.78, 5) is 4.00. The van der Waals surface area contributed by atoms with Gasteiger partial charge in [-0.05, 0) is 49.6 Å². The minimum Gasteiger partial charge on any atom is -0.507 e. The summed E-state index contributed by atoms with van der Waals surface area (Å²) in [6, 6.07) is 8.17. The van der Waals surface area contributed by atoms with Crippen molar-refractivity contribution in [3.63, 3.8) is 0 Å². The lowest BCUT2D eigenvalue weighted by molar-refractivity contribution is 0.117. The summed E-state index contributed by atoms with van der Waals surface area (Å²) < 4.78 is 31.1. The van der Waals surface area contributed by atoms with E-state index in [1.54, 1.807) is 54.5 Å². The second kappa shape index (κ2) is 7.23. The van der Waals surface area contributed by atoms with E-state index in [9.17, 15) is 13.9 Å². The number of nitrogens with one attached hydrogen (secondary N) is 1. The van der Waals surface area contributed by atoms with Crippen LogP contribution < -0.4 is 5.32 Å². The highest BCUT2D eigenvalue weighted by atomic mass is 19.1. The fourth-order valence-corrected chi connectivity index (χ4v) is 4.76. The third kappa shape index (κ3) is 3.31. The number of hydrogen-bond donors (Lipinski definition) is 2. The summed E-state index contributed by atoms with van der Waals surface area (Å²) in [5, 5.41) is 22.0. The maximum absolute atomic E-state index is 15.0. The molecule has 2 fully saturated rings. The standard InChI is InChI=1S/C23H23F2N5O/c1-13(16-11-23(2)21(24)10-19(27-23)22(16)25)17-5-6-18(29-28-17)15-4-3-14(9-20(15)31)30-8-7-26-12-30/h3-9,12,16,19,21-22,27,31H,1,10-11H2,2H3/t16-,19-,21-,22-,23-/m0/s1. The van der Waals surface area contributed by atoms with Gasteiger partial charge in [0, 0.05) is 41.5 Å². The minimum atomic E-state index is -1.22. The Bertz CT molecular complexity index is 1120. The van der Waals surface area contributed by atoms with Crippen LogP contribution in [0.15, 0.2) is 55.6 Å². The van der Waals surface area contributed by atoms with Gasteiger partial charge >= 0.3 is 0 Å².